The number of benzene rings is 2. The van der Waals surface area contributed by atoms with Gasteiger partial charge in [0, 0.05) is 22.9 Å². The third-order valence-corrected chi connectivity index (χ3v) is 4.00. The van der Waals surface area contributed by atoms with Gasteiger partial charge in [-0.25, -0.2) is 9.97 Å². The Kier molecular flexibility index (Phi) is 6.52. The van der Waals surface area contributed by atoms with E-state index >= 15 is 0 Å². The Labute approximate surface area is 169 Å². The molecule has 0 saturated carbocycles. The van der Waals surface area contributed by atoms with E-state index in [2.05, 4.69) is 20.6 Å². The maximum absolute atomic E-state index is 12.3. The van der Waals surface area contributed by atoms with Crippen molar-refractivity contribution in [2.24, 2.45) is 0 Å². The molecule has 0 spiro atoms. The van der Waals surface area contributed by atoms with E-state index in [9.17, 15) is 9.59 Å². The summed E-state index contributed by atoms with van der Waals surface area (Å²) in [5, 5.41) is 5.76. The number of aryl methyl sites for hydroxylation is 1. The second kappa shape index (κ2) is 9.45. The number of ether oxygens (including phenoxy) is 1. The number of carbonyl (C=O) groups is 2. The standard InChI is InChI=1S/C22H22N4O3/c1-3-29-21(27)14-23-22(28)17-10-7-11-18(12-17)26-20-13-19(24-15(2)25-20)16-8-5-4-6-9-16/h4-13H,3,14H2,1-2H3,(H,23,28)(H,24,25,26). The van der Waals surface area contributed by atoms with Crippen molar-refractivity contribution in [1.29, 1.82) is 0 Å². The molecule has 0 aliphatic heterocycles. The summed E-state index contributed by atoms with van der Waals surface area (Å²) in [6, 6.07) is 18.7. The van der Waals surface area contributed by atoms with Crippen LogP contribution >= 0.6 is 0 Å². The summed E-state index contributed by atoms with van der Waals surface area (Å²) in [7, 11) is 0. The van der Waals surface area contributed by atoms with Gasteiger partial charge in [-0.1, -0.05) is 36.4 Å². The summed E-state index contributed by atoms with van der Waals surface area (Å²) in [5.41, 5.74) is 2.93. The molecule has 0 radical (unpaired) electrons. The topological polar surface area (TPSA) is 93.2 Å². The van der Waals surface area contributed by atoms with Crippen molar-refractivity contribution < 1.29 is 14.3 Å². The smallest absolute Gasteiger partial charge is 0.325 e. The number of amides is 1. The van der Waals surface area contributed by atoms with Crippen molar-refractivity contribution in [2.45, 2.75) is 13.8 Å². The van der Waals surface area contributed by atoms with Crippen LogP contribution in [0.4, 0.5) is 11.5 Å². The number of nitrogens with zero attached hydrogens (tertiary/aromatic N) is 2. The van der Waals surface area contributed by atoms with Crippen LogP contribution in [0.2, 0.25) is 0 Å². The van der Waals surface area contributed by atoms with Gasteiger partial charge in [-0.3, -0.25) is 9.59 Å². The third-order valence-electron chi connectivity index (χ3n) is 4.00. The van der Waals surface area contributed by atoms with E-state index in [1.807, 2.05) is 49.4 Å². The van der Waals surface area contributed by atoms with Crippen LogP contribution in [0, 0.1) is 6.92 Å². The lowest BCUT2D eigenvalue weighted by atomic mass is 10.1. The van der Waals surface area contributed by atoms with Gasteiger partial charge < -0.3 is 15.4 Å². The van der Waals surface area contributed by atoms with E-state index < -0.39 is 5.97 Å². The Morgan fingerprint density at radius 3 is 2.55 bits per heavy atom. The van der Waals surface area contributed by atoms with Crippen molar-refractivity contribution >= 4 is 23.4 Å². The van der Waals surface area contributed by atoms with E-state index in [4.69, 9.17) is 4.74 Å². The van der Waals surface area contributed by atoms with Gasteiger partial charge in [-0.2, -0.15) is 0 Å². The number of aromatic nitrogens is 2. The van der Waals surface area contributed by atoms with Crippen molar-refractivity contribution in [3.8, 4) is 11.3 Å². The predicted octanol–water partition coefficient (Wildman–Crippen LogP) is 3.49. The monoisotopic (exact) mass is 390 g/mol. The lowest BCUT2D eigenvalue weighted by Gasteiger charge is -2.10. The number of anilines is 2. The number of hydrogen-bond donors (Lipinski definition) is 2. The summed E-state index contributed by atoms with van der Waals surface area (Å²) in [4.78, 5) is 32.6. The van der Waals surface area contributed by atoms with Crippen molar-refractivity contribution in [2.75, 3.05) is 18.5 Å². The Hall–Kier alpha value is -3.74. The van der Waals surface area contributed by atoms with Gasteiger partial charge in [-0.15, -0.1) is 0 Å². The predicted molar refractivity (Wildman–Crippen MR) is 111 cm³/mol. The van der Waals surface area contributed by atoms with E-state index in [0.29, 0.717) is 22.9 Å². The molecule has 1 heterocycles. The minimum absolute atomic E-state index is 0.171. The lowest BCUT2D eigenvalue weighted by Crippen LogP contribution is -2.30. The summed E-state index contributed by atoms with van der Waals surface area (Å²) in [5.74, 6) is 0.434. The highest BCUT2D eigenvalue weighted by Crippen LogP contribution is 2.22. The van der Waals surface area contributed by atoms with Crippen LogP contribution in [0.1, 0.15) is 23.1 Å². The van der Waals surface area contributed by atoms with Gasteiger partial charge in [0.2, 0.25) is 0 Å². The van der Waals surface area contributed by atoms with Crippen molar-refractivity contribution in [3.63, 3.8) is 0 Å². The van der Waals surface area contributed by atoms with Crippen LogP contribution < -0.4 is 10.6 Å². The molecule has 0 bridgehead atoms. The first-order valence-corrected chi connectivity index (χ1v) is 9.27. The van der Waals surface area contributed by atoms with Crippen molar-refractivity contribution in [1.82, 2.24) is 15.3 Å². The summed E-state index contributed by atoms with van der Waals surface area (Å²) < 4.78 is 4.81. The molecule has 1 amide bonds. The molecular formula is C22H22N4O3. The Morgan fingerprint density at radius 2 is 1.79 bits per heavy atom. The quantitative estimate of drug-likeness (QED) is 0.600. The second-order valence-corrected chi connectivity index (χ2v) is 6.25. The number of hydrogen-bond acceptors (Lipinski definition) is 6. The zero-order valence-corrected chi connectivity index (χ0v) is 16.3. The Bertz CT molecular complexity index is 1010. The average Bonchev–Trinajstić information content (AvgIpc) is 2.72. The first-order chi connectivity index (χ1) is 14.0. The molecule has 0 aliphatic rings. The first kappa shape index (κ1) is 20.0. The minimum Gasteiger partial charge on any atom is -0.465 e. The first-order valence-electron chi connectivity index (χ1n) is 9.27. The molecule has 0 saturated heterocycles. The minimum atomic E-state index is -0.472. The molecule has 0 aliphatic carbocycles. The van der Waals surface area contributed by atoms with E-state index in [1.165, 1.54) is 0 Å². The maximum Gasteiger partial charge on any atom is 0.325 e. The van der Waals surface area contributed by atoms with Gasteiger partial charge in [0.15, 0.2) is 0 Å². The maximum atomic E-state index is 12.3. The van der Waals surface area contributed by atoms with Gasteiger partial charge >= 0.3 is 5.97 Å². The average molecular weight is 390 g/mol. The highest BCUT2D eigenvalue weighted by Gasteiger charge is 2.10. The highest BCUT2D eigenvalue weighted by atomic mass is 16.5. The molecule has 0 fully saturated rings. The Morgan fingerprint density at radius 1 is 1.00 bits per heavy atom. The molecular weight excluding hydrogens is 368 g/mol. The molecule has 3 aromatic rings. The fraction of sp³-hybridized carbons (Fsp3) is 0.182. The number of rotatable bonds is 7. The van der Waals surface area contributed by atoms with E-state index in [-0.39, 0.29) is 19.1 Å². The lowest BCUT2D eigenvalue weighted by molar-refractivity contribution is -0.141. The fourth-order valence-corrected chi connectivity index (χ4v) is 2.74. The van der Waals surface area contributed by atoms with Gasteiger partial charge in [0.25, 0.3) is 5.91 Å². The molecule has 29 heavy (non-hydrogen) atoms. The van der Waals surface area contributed by atoms with Gasteiger partial charge in [0.1, 0.15) is 18.2 Å². The number of carbonyl (C=O) groups excluding carboxylic acids is 2. The van der Waals surface area contributed by atoms with E-state index in [0.717, 1.165) is 11.3 Å². The molecule has 1 aromatic heterocycles. The third kappa shape index (κ3) is 5.62. The van der Waals surface area contributed by atoms with Crippen LogP contribution in [-0.4, -0.2) is 35.0 Å². The summed E-state index contributed by atoms with van der Waals surface area (Å²) in [6.07, 6.45) is 0. The molecule has 2 N–H and O–H groups in total. The molecule has 3 rings (SSSR count). The Balaban J connectivity index is 1.74. The van der Waals surface area contributed by atoms with Crippen molar-refractivity contribution in [3.05, 3.63) is 72.1 Å². The molecule has 7 nitrogen and oxygen atoms in total. The fourth-order valence-electron chi connectivity index (χ4n) is 2.74. The van der Waals surface area contributed by atoms with Crippen LogP contribution in [-0.2, 0) is 9.53 Å². The molecule has 0 atom stereocenters. The zero-order valence-electron chi connectivity index (χ0n) is 16.3. The molecule has 2 aromatic carbocycles. The number of nitrogens with one attached hydrogen (secondary N) is 2. The molecule has 148 valence electrons. The SMILES string of the molecule is CCOC(=O)CNC(=O)c1cccc(Nc2cc(-c3ccccc3)nc(C)n2)c1. The largest absolute Gasteiger partial charge is 0.465 e. The van der Waals surface area contributed by atoms with Crippen LogP contribution in [0.3, 0.4) is 0 Å². The van der Waals surface area contributed by atoms with Gasteiger partial charge in [-0.05, 0) is 32.0 Å². The number of esters is 1. The van der Waals surface area contributed by atoms with Crippen LogP contribution in [0.5, 0.6) is 0 Å². The molecule has 7 heteroatoms. The van der Waals surface area contributed by atoms with Gasteiger partial charge in [0.05, 0.1) is 12.3 Å². The van der Waals surface area contributed by atoms with Crippen LogP contribution in [0.15, 0.2) is 60.7 Å². The summed E-state index contributed by atoms with van der Waals surface area (Å²) in [6.45, 7) is 3.65. The second-order valence-electron chi connectivity index (χ2n) is 6.25. The zero-order chi connectivity index (χ0) is 20.6. The summed E-state index contributed by atoms with van der Waals surface area (Å²) >= 11 is 0. The van der Waals surface area contributed by atoms with E-state index in [1.54, 1.807) is 25.1 Å². The van der Waals surface area contributed by atoms with Crippen LogP contribution in [0.25, 0.3) is 11.3 Å². The molecule has 0 unspecified atom stereocenters. The normalized spacial score (nSPS) is 10.3. The highest BCUT2D eigenvalue weighted by molar-refractivity contribution is 5.96.